The van der Waals surface area contributed by atoms with Gasteiger partial charge in [-0.2, -0.15) is 13.2 Å². The van der Waals surface area contributed by atoms with Gasteiger partial charge in [-0.3, -0.25) is 0 Å². The summed E-state index contributed by atoms with van der Waals surface area (Å²) in [4.78, 5) is 0. The minimum atomic E-state index is -4.27. The van der Waals surface area contributed by atoms with Crippen LogP contribution in [0.2, 0.25) is 0 Å². The van der Waals surface area contributed by atoms with Crippen LogP contribution in [-0.4, -0.2) is 44.2 Å². The van der Waals surface area contributed by atoms with Gasteiger partial charge < -0.3 is 10.1 Å². The molecule has 3 aliphatic rings. The highest BCUT2D eigenvalue weighted by Gasteiger charge is 2.43. The second kappa shape index (κ2) is 3.91. The average Bonchev–Trinajstić information content (AvgIpc) is 2.16. The second-order valence-corrected chi connectivity index (χ2v) is 5.33. The van der Waals surface area contributed by atoms with Crippen molar-refractivity contribution < 1.29 is 17.6 Å². The molecule has 2 bridgehead atoms. The number of halogens is 3. The van der Waals surface area contributed by atoms with Crippen LogP contribution in [0.4, 0.5) is 13.2 Å². The SMILES string of the molecule is [B-][N+]12CCC(CC1)[C@H](C[C@@H](N)C(F)(F)F)C2. The van der Waals surface area contributed by atoms with Crippen molar-refractivity contribution in [2.45, 2.75) is 31.5 Å². The Morgan fingerprint density at radius 3 is 2.31 bits per heavy atom. The maximum atomic E-state index is 12.4. The van der Waals surface area contributed by atoms with Crippen LogP contribution < -0.4 is 5.73 Å². The summed E-state index contributed by atoms with van der Waals surface area (Å²) in [6.07, 6.45) is -2.34. The van der Waals surface area contributed by atoms with E-state index >= 15 is 0 Å². The summed E-state index contributed by atoms with van der Waals surface area (Å²) in [6, 6.07) is -1.69. The number of hydrogen-bond donors (Lipinski definition) is 1. The maximum Gasteiger partial charge on any atom is 0.403 e. The Kier molecular flexibility index (Phi) is 2.99. The number of nitrogens with zero attached hydrogens (tertiary/aromatic N) is 1. The van der Waals surface area contributed by atoms with Crippen LogP contribution >= 0.6 is 0 Å². The average molecular weight is 233 g/mol. The number of quaternary nitrogens is 1. The van der Waals surface area contributed by atoms with Crippen LogP contribution in [0.3, 0.4) is 0 Å². The monoisotopic (exact) mass is 233 g/mol. The van der Waals surface area contributed by atoms with Gasteiger partial charge in [-0.25, -0.2) is 7.98 Å². The molecular formula is C10H17BF3N2. The fourth-order valence-corrected chi connectivity index (χ4v) is 3.10. The number of nitrogens with two attached hydrogens (primary N) is 1. The third-order valence-electron chi connectivity index (χ3n) is 4.13. The largest absolute Gasteiger partial charge is 0.588 e. The van der Waals surface area contributed by atoms with E-state index in [0.717, 1.165) is 25.9 Å². The lowest BCUT2D eigenvalue weighted by Crippen LogP contribution is -2.61. The van der Waals surface area contributed by atoms with Crippen molar-refractivity contribution in [2.75, 3.05) is 19.6 Å². The van der Waals surface area contributed by atoms with Crippen molar-refractivity contribution in [3.63, 3.8) is 0 Å². The minimum absolute atomic E-state index is 0.0331. The van der Waals surface area contributed by atoms with E-state index < -0.39 is 12.2 Å². The summed E-state index contributed by atoms with van der Waals surface area (Å²) in [5.41, 5.74) is 5.18. The van der Waals surface area contributed by atoms with Gasteiger partial charge in [-0.05, 0) is 25.2 Å². The van der Waals surface area contributed by atoms with E-state index in [-0.39, 0.29) is 12.3 Å². The first-order valence-electron chi connectivity index (χ1n) is 5.77. The number of fused-ring (bicyclic) bond motifs is 3. The zero-order chi connectivity index (χ0) is 12.0. The van der Waals surface area contributed by atoms with Gasteiger partial charge in [0, 0.05) is 25.6 Å². The Morgan fingerprint density at radius 2 is 1.88 bits per heavy atom. The van der Waals surface area contributed by atoms with Gasteiger partial charge >= 0.3 is 6.18 Å². The lowest BCUT2D eigenvalue weighted by Gasteiger charge is -2.62. The molecule has 3 radical (unpaired) electrons. The molecule has 0 unspecified atom stereocenters. The highest BCUT2D eigenvalue weighted by atomic mass is 19.4. The zero-order valence-corrected chi connectivity index (χ0v) is 9.21. The summed E-state index contributed by atoms with van der Waals surface area (Å²) < 4.78 is 37.6. The van der Waals surface area contributed by atoms with Crippen molar-refractivity contribution in [2.24, 2.45) is 17.6 Å². The molecule has 2 atom stereocenters. The van der Waals surface area contributed by atoms with Gasteiger partial charge in [0.1, 0.15) is 6.04 Å². The Bertz CT molecular complexity index is 261. The van der Waals surface area contributed by atoms with E-state index in [1.807, 2.05) is 0 Å². The molecule has 0 aromatic rings. The standard InChI is InChI=1S/C10H17BF3N2/c11-16-3-1-7(2-4-16)8(6-16)5-9(15)10(12,13)14/h7-9H,1-6,15H2/t7?,8-,9-,16?/m1/s1. The smallest absolute Gasteiger partial charge is 0.403 e. The molecular weight excluding hydrogens is 216 g/mol. The summed E-state index contributed by atoms with van der Waals surface area (Å²) in [6.45, 7) is 2.47. The van der Waals surface area contributed by atoms with Crippen molar-refractivity contribution >= 4 is 7.98 Å². The van der Waals surface area contributed by atoms with Crippen molar-refractivity contribution in [3.8, 4) is 0 Å². The van der Waals surface area contributed by atoms with Crippen molar-refractivity contribution in [1.29, 1.82) is 0 Å². The predicted octanol–water partition coefficient (Wildman–Crippen LogP) is 1.21. The first kappa shape index (κ1) is 12.2. The van der Waals surface area contributed by atoms with E-state index in [9.17, 15) is 13.2 Å². The zero-order valence-electron chi connectivity index (χ0n) is 9.21. The highest BCUT2D eigenvalue weighted by molar-refractivity contribution is 5.97. The number of piperidine rings is 3. The molecule has 3 saturated heterocycles. The van der Waals surface area contributed by atoms with Gasteiger partial charge in [0.2, 0.25) is 0 Å². The minimum Gasteiger partial charge on any atom is -0.588 e. The number of rotatable bonds is 2. The first-order valence-corrected chi connectivity index (χ1v) is 5.77. The summed E-state index contributed by atoms with van der Waals surface area (Å²) in [5.74, 6) is 0.445. The highest BCUT2D eigenvalue weighted by Crippen LogP contribution is 2.39. The van der Waals surface area contributed by atoms with Gasteiger partial charge in [0.05, 0.1) is 0 Å². The van der Waals surface area contributed by atoms with Gasteiger partial charge in [0.25, 0.3) is 0 Å². The second-order valence-electron chi connectivity index (χ2n) is 5.33. The number of alkyl halides is 3. The Morgan fingerprint density at radius 1 is 1.31 bits per heavy atom. The molecule has 0 aromatic heterocycles. The molecule has 0 aromatic carbocycles. The lowest BCUT2D eigenvalue weighted by atomic mass is 9.72. The van der Waals surface area contributed by atoms with Crippen molar-refractivity contribution in [1.82, 2.24) is 0 Å². The summed E-state index contributed by atoms with van der Waals surface area (Å²) in [7, 11) is 6.09. The molecule has 3 fully saturated rings. The van der Waals surface area contributed by atoms with E-state index in [0.29, 0.717) is 16.9 Å². The molecule has 16 heavy (non-hydrogen) atoms. The Labute approximate surface area is 95.0 Å². The molecule has 0 saturated carbocycles. The molecule has 3 rings (SSSR count). The van der Waals surface area contributed by atoms with E-state index in [2.05, 4.69) is 0 Å². The third-order valence-corrected chi connectivity index (χ3v) is 4.13. The van der Waals surface area contributed by atoms with Crippen molar-refractivity contribution in [3.05, 3.63) is 0 Å². The normalized spacial score (nSPS) is 41.1. The van der Waals surface area contributed by atoms with E-state index in [4.69, 9.17) is 13.7 Å². The molecule has 2 N–H and O–H groups in total. The van der Waals surface area contributed by atoms with Crippen LogP contribution in [0, 0.1) is 11.8 Å². The molecule has 3 heterocycles. The lowest BCUT2D eigenvalue weighted by molar-refractivity contribution is -0.841. The van der Waals surface area contributed by atoms with Crippen LogP contribution in [0.15, 0.2) is 0 Å². The molecule has 0 amide bonds. The molecule has 0 spiro atoms. The Hall–Kier alpha value is -0.225. The predicted molar refractivity (Wildman–Crippen MR) is 55.5 cm³/mol. The van der Waals surface area contributed by atoms with Crippen LogP contribution in [-0.2, 0) is 0 Å². The van der Waals surface area contributed by atoms with Gasteiger partial charge in [-0.15, -0.1) is 0 Å². The molecule has 3 aliphatic heterocycles. The molecule has 6 heteroatoms. The quantitative estimate of drug-likeness (QED) is 0.712. The molecule has 0 aliphatic carbocycles. The molecule has 91 valence electrons. The fourth-order valence-electron chi connectivity index (χ4n) is 3.10. The topological polar surface area (TPSA) is 26.0 Å². The van der Waals surface area contributed by atoms with Crippen LogP contribution in [0.1, 0.15) is 19.3 Å². The molecule has 2 nitrogen and oxygen atoms in total. The van der Waals surface area contributed by atoms with E-state index in [1.165, 1.54) is 0 Å². The van der Waals surface area contributed by atoms with Gasteiger partial charge in [-0.1, -0.05) is 0 Å². The summed E-state index contributed by atoms with van der Waals surface area (Å²) in [5, 5.41) is 0. The Balaban J connectivity index is 1.96. The third kappa shape index (κ3) is 2.37. The van der Waals surface area contributed by atoms with Crippen LogP contribution in [0.5, 0.6) is 0 Å². The van der Waals surface area contributed by atoms with Gasteiger partial charge in [0.15, 0.2) is 0 Å². The first-order chi connectivity index (χ1) is 7.30. The maximum absolute atomic E-state index is 12.4. The summed E-state index contributed by atoms with van der Waals surface area (Å²) >= 11 is 0. The van der Waals surface area contributed by atoms with Crippen LogP contribution in [0.25, 0.3) is 0 Å². The fraction of sp³-hybridized carbons (Fsp3) is 1.00. The van der Waals surface area contributed by atoms with E-state index in [1.54, 1.807) is 0 Å². The number of hydrogen-bond acceptors (Lipinski definition) is 1.